The molecule has 0 aliphatic rings. The van der Waals surface area contributed by atoms with Gasteiger partial charge in [-0.2, -0.15) is 0 Å². The van der Waals surface area contributed by atoms with Crippen molar-refractivity contribution in [2.24, 2.45) is 0 Å². The van der Waals surface area contributed by atoms with Crippen LogP contribution in [0.2, 0.25) is 0 Å². The van der Waals surface area contributed by atoms with Gasteiger partial charge in [-0.25, -0.2) is 4.98 Å². The Morgan fingerprint density at radius 3 is 1.87 bits per heavy atom. The number of benzene rings is 5. The van der Waals surface area contributed by atoms with Crippen molar-refractivity contribution in [3.8, 4) is 22.4 Å². The number of aliphatic hydroxyl groups is 1. The molecule has 191 valence electrons. The number of nitrogens with zero attached hydrogens (tertiary/aromatic N) is 2. The van der Waals surface area contributed by atoms with E-state index in [4.69, 9.17) is 14.6 Å². The number of aromatic nitrogens is 2. The number of hydrogen-bond acceptors (Lipinski definition) is 4. The molecule has 1 aromatic heterocycles. The maximum atomic E-state index is 10.4. The Morgan fingerprint density at radius 2 is 1.21 bits per heavy atom. The van der Waals surface area contributed by atoms with E-state index in [1.807, 2.05) is 32.2 Å². The third-order valence-electron chi connectivity index (χ3n) is 7.77. The predicted octanol–water partition coefficient (Wildman–Crippen LogP) is 7.08. The fourth-order valence-corrected chi connectivity index (χ4v) is 4.77. The van der Waals surface area contributed by atoms with Gasteiger partial charge in [0.15, 0.2) is 0 Å². The highest BCUT2D eigenvalue weighted by molar-refractivity contribution is 6.47. The molecule has 0 amide bonds. The van der Waals surface area contributed by atoms with Crippen LogP contribution < -0.4 is 5.46 Å². The molecule has 0 unspecified atom stereocenters. The highest BCUT2D eigenvalue weighted by Gasteiger charge is 2.35. The first-order valence-corrected chi connectivity index (χ1v) is 13.2. The Labute approximate surface area is 229 Å². The van der Waals surface area contributed by atoms with E-state index in [2.05, 4.69) is 84.9 Å². The van der Waals surface area contributed by atoms with E-state index in [-0.39, 0.29) is 0 Å². The Bertz CT molecular complexity index is 1800. The highest BCUT2D eigenvalue weighted by Crippen LogP contribution is 2.34. The van der Waals surface area contributed by atoms with Gasteiger partial charge in [-0.1, -0.05) is 96.5 Å². The normalized spacial score (nSPS) is 12.3. The van der Waals surface area contributed by atoms with Crippen molar-refractivity contribution < 1.29 is 9.76 Å². The summed E-state index contributed by atoms with van der Waals surface area (Å²) in [6, 6.07) is 33.4. The maximum Gasteiger partial charge on any atom is 0.330 e. The average molecular weight is 509 g/mol. The first-order chi connectivity index (χ1) is 18.7. The minimum atomic E-state index is -0.978. The summed E-state index contributed by atoms with van der Waals surface area (Å²) in [5, 5.41) is 15.0. The summed E-state index contributed by atoms with van der Waals surface area (Å²) in [6.07, 6.45) is 1.87. The molecule has 5 heteroatoms. The molecule has 6 rings (SSSR count). The Morgan fingerprint density at radius 1 is 0.641 bits per heavy atom. The molecule has 0 aliphatic heterocycles. The third-order valence-corrected chi connectivity index (χ3v) is 7.77. The summed E-state index contributed by atoms with van der Waals surface area (Å²) in [5.74, 6) is 0. The molecule has 1 radical (unpaired) electrons. The number of fused-ring (bicyclic) bond motifs is 6. The minimum Gasteiger partial charge on any atom is -0.427 e. The van der Waals surface area contributed by atoms with Gasteiger partial charge in [0.2, 0.25) is 0 Å². The molecule has 0 aliphatic carbocycles. The number of hydrogen-bond donors (Lipinski definition) is 1. The van der Waals surface area contributed by atoms with Crippen molar-refractivity contribution in [2.75, 3.05) is 0 Å². The average Bonchev–Trinajstić information content (AvgIpc) is 2.96. The summed E-state index contributed by atoms with van der Waals surface area (Å²) in [7, 11) is 1.72. The Kier molecular flexibility index (Phi) is 6.21. The molecule has 39 heavy (non-hydrogen) atoms. The Balaban J connectivity index is 1.38. The lowest BCUT2D eigenvalue weighted by Gasteiger charge is -2.37. The van der Waals surface area contributed by atoms with E-state index < -0.39 is 11.2 Å². The molecule has 0 fully saturated rings. The molecule has 6 aromatic rings. The van der Waals surface area contributed by atoms with Crippen LogP contribution in [-0.2, 0) is 4.65 Å². The molecule has 4 nitrogen and oxygen atoms in total. The lowest BCUT2D eigenvalue weighted by atomic mass is 9.81. The first-order valence-electron chi connectivity index (χ1n) is 13.2. The van der Waals surface area contributed by atoms with Gasteiger partial charge in [-0.15, -0.1) is 0 Å². The van der Waals surface area contributed by atoms with Crippen LogP contribution in [0.1, 0.15) is 27.7 Å². The third kappa shape index (κ3) is 4.69. The van der Waals surface area contributed by atoms with Gasteiger partial charge in [0.1, 0.15) is 0 Å². The van der Waals surface area contributed by atoms with E-state index in [9.17, 15) is 5.11 Å². The van der Waals surface area contributed by atoms with Gasteiger partial charge in [-0.3, -0.25) is 4.98 Å². The molecule has 0 saturated carbocycles. The Hall–Kier alpha value is -4.06. The van der Waals surface area contributed by atoms with Gasteiger partial charge < -0.3 is 9.76 Å². The van der Waals surface area contributed by atoms with Crippen LogP contribution in [-0.4, -0.2) is 33.8 Å². The van der Waals surface area contributed by atoms with Gasteiger partial charge in [0.05, 0.1) is 34.1 Å². The van der Waals surface area contributed by atoms with Gasteiger partial charge >= 0.3 is 7.48 Å². The summed E-state index contributed by atoms with van der Waals surface area (Å²) in [5.41, 5.74) is 5.04. The molecular formula is C34H30BN2O2. The van der Waals surface area contributed by atoms with Crippen LogP contribution in [0.4, 0.5) is 0 Å². The second-order valence-corrected chi connectivity index (χ2v) is 11.1. The second kappa shape index (κ2) is 9.60. The van der Waals surface area contributed by atoms with Crippen LogP contribution in [0.5, 0.6) is 0 Å². The molecule has 0 saturated heterocycles. The van der Waals surface area contributed by atoms with Crippen LogP contribution in [0, 0.1) is 0 Å². The lowest BCUT2D eigenvalue weighted by molar-refractivity contribution is -0.0893. The highest BCUT2D eigenvalue weighted by atomic mass is 16.5. The smallest absolute Gasteiger partial charge is 0.330 e. The molecule has 0 bridgehead atoms. The van der Waals surface area contributed by atoms with Crippen LogP contribution in [0.15, 0.2) is 103 Å². The van der Waals surface area contributed by atoms with E-state index in [0.29, 0.717) is 0 Å². The summed E-state index contributed by atoms with van der Waals surface area (Å²) in [4.78, 5) is 10.1. The number of rotatable bonds is 6. The second-order valence-electron chi connectivity index (χ2n) is 11.1. The van der Waals surface area contributed by atoms with Crippen LogP contribution in [0.25, 0.3) is 55.0 Å². The van der Waals surface area contributed by atoms with Crippen molar-refractivity contribution in [3.63, 3.8) is 0 Å². The van der Waals surface area contributed by atoms with Crippen LogP contribution >= 0.6 is 0 Å². The van der Waals surface area contributed by atoms with Gasteiger partial charge in [0, 0.05) is 16.3 Å². The standard InChI is InChI=1S/C34H30BN2O2/c1-33(2,38)34(3,4)39-35-25-14-10-12-23(20-25)22-11-9-13-24(19-22)30-21-36-31-28-17-7-5-15-26(28)27-16-6-8-18-29(27)32(31)37-30/h5-21,38H,1-4H3. The molecule has 1 N–H and O–H groups in total. The monoisotopic (exact) mass is 509 g/mol. The zero-order valence-electron chi connectivity index (χ0n) is 22.6. The minimum absolute atomic E-state index is 0.729. The topological polar surface area (TPSA) is 55.2 Å². The van der Waals surface area contributed by atoms with Gasteiger partial charge in [-0.05, 0) is 55.7 Å². The SMILES string of the molecule is CC(C)(O)C(C)(C)O[B]c1cccc(-c2cccc(-c3cnc4c5ccccc5c5ccccc5c4n3)c2)c1. The van der Waals surface area contributed by atoms with Crippen molar-refractivity contribution in [1.82, 2.24) is 9.97 Å². The summed E-state index contributed by atoms with van der Waals surface area (Å²) in [6.45, 7) is 7.27. The first kappa shape index (κ1) is 25.2. The largest absolute Gasteiger partial charge is 0.427 e. The molecule has 5 aromatic carbocycles. The fraction of sp³-hybridized carbons (Fsp3) is 0.176. The predicted molar refractivity (Wildman–Crippen MR) is 162 cm³/mol. The zero-order valence-corrected chi connectivity index (χ0v) is 22.6. The summed E-state index contributed by atoms with van der Waals surface area (Å²) >= 11 is 0. The molecule has 0 spiro atoms. The van der Waals surface area contributed by atoms with E-state index >= 15 is 0 Å². The molecule has 0 atom stereocenters. The lowest BCUT2D eigenvalue weighted by Crippen LogP contribution is -2.49. The molecular weight excluding hydrogens is 479 g/mol. The summed E-state index contributed by atoms with van der Waals surface area (Å²) < 4.78 is 5.98. The fourth-order valence-electron chi connectivity index (χ4n) is 4.77. The van der Waals surface area contributed by atoms with E-state index in [1.165, 1.54) is 10.8 Å². The van der Waals surface area contributed by atoms with Crippen molar-refractivity contribution in [1.29, 1.82) is 0 Å². The van der Waals surface area contributed by atoms with Crippen LogP contribution in [0.3, 0.4) is 0 Å². The zero-order chi connectivity index (χ0) is 27.2. The maximum absolute atomic E-state index is 10.4. The van der Waals surface area contributed by atoms with Gasteiger partial charge in [0.25, 0.3) is 0 Å². The molecule has 1 heterocycles. The van der Waals surface area contributed by atoms with Crippen molar-refractivity contribution in [2.45, 2.75) is 38.9 Å². The van der Waals surface area contributed by atoms with Crippen molar-refractivity contribution in [3.05, 3.63) is 103 Å². The van der Waals surface area contributed by atoms with E-state index in [1.54, 1.807) is 21.3 Å². The van der Waals surface area contributed by atoms with Crippen molar-refractivity contribution >= 4 is 45.5 Å². The quantitative estimate of drug-likeness (QED) is 0.193. The van der Waals surface area contributed by atoms with E-state index in [0.717, 1.165) is 49.7 Å².